The molecule has 3 aromatic rings. The average Bonchev–Trinajstić information content (AvgIpc) is 2.67. The summed E-state index contributed by atoms with van der Waals surface area (Å²) < 4.78 is 5.27. The van der Waals surface area contributed by atoms with Crippen molar-refractivity contribution in [2.45, 2.75) is 12.5 Å². The van der Waals surface area contributed by atoms with Crippen molar-refractivity contribution in [1.29, 1.82) is 0 Å². The minimum Gasteiger partial charge on any atom is -0.497 e. The molecule has 0 unspecified atom stereocenters. The molecule has 0 saturated heterocycles. The zero-order valence-electron chi connectivity index (χ0n) is 14.8. The first-order valence-corrected chi connectivity index (χ1v) is 8.75. The highest BCUT2D eigenvalue weighted by molar-refractivity contribution is 5.66. The fourth-order valence-electron chi connectivity index (χ4n) is 3.78. The number of likely N-dealkylation sites (N-methyl/N-ethyl adjacent to an activating group) is 1. The van der Waals surface area contributed by atoms with E-state index < -0.39 is 0 Å². The Morgan fingerprint density at radius 1 is 0.880 bits per heavy atom. The van der Waals surface area contributed by atoms with Crippen molar-refractivity contribution in [3.63, 3.8) is 0 Å². The van der Waals surface area contributed by atoms with Gasteiger partial charge in [0.05, 0.1) is 7.11 Å². The Labute approximate surface area is 149 Å². The van der Waals surface area contributed by atoms with E-state index in [0.29, 0.717) is 5.92 Å². The van der Waals surface area contributed by atoms with Crippen molar-refractivity contribution in [2.24, 2.45) is 0 Å². The molecule has 0 bridgehead atoms. The van der Waals surface area contributed by atoms with Crippen molar-refractivity contribution >= 4 is 0 Å². The lowest BCUT2D eigenvalue weighted by molar-refractivity contribution is 0.295. The second-order valence-electron chi connectivity index (χ2n) is 6.80. The standard InChI is InChI=1S/C23H23NO/c1-24-15-20-14-19(17-8-11-21(25-2)12-9-17)10-13-22(20)23(16-24)18-6-4-3-5-7-18/h3-14,23H,15-16H2,1-2H3/t23-/m0/s1. The molecule has 25 heavy (non-hydrogen) atoms. The van der Waals surface area contributed by atoms with Gasteiger partial charge in [0, 0.05) is 19.0 Å². The van der Waals surface area contributed by atoms with E-state index in [4.69, 9.17) is 4.74 Å². The number of rotatable bonds is 3. The summed E-state index contributed by atoms with van der Waals surface area (Å²) in [4.78, 5) is 2.41. The monoisotopic (exact) mass is 329 g/mol. The summed E-state index contributed by atoms with van der Waals surface area (Å²) in [6, 6.07) is 26.1. The van der Waals surface area contributed by atoms with Crippen molar-refractivity contribution in [1.82, 2.24) is 4.90 Å². The van der Waals surface area contributed by atoms with Gasteiger partial charge in [0.2, 0.25) is 0 Å². The van der Waals surface area contributed by atoms with Crippen molar-refractivity contribution < 1.29 is 4.74 Å². The zero-order valence-corrected chi connectivity index (χ0v) is 14.8. The summed E-state index contributed by atoms with van der Waals surface area (Å²) in [5.41, 5.74) is 6.78. The van der Waals surface area contributed by atoms with E-state index in [1.165, 1.54) is 27.8 Å². The molecule has 1 atom stereocenters. The highest BCUT2D eigenvalue weighted by Crippen LogP contribution is 2.35. The van der Waals surface area contributed by atoms with Crippen LogP contribution in [0.1, 0.15) is 22.6 Å². The van der Waals surface area contributed by atoms with Gasteiger partial charge in [0.15, 0.2) is 0 Å². The highest BCUT2D eigenvalue weighted by Gasteiger charge is 2.24. The topological polar surface area (TPSA) is 12.5 Å². The molecule has 0 N–H and O–H groups in total. The Hall–Kier alpha value is -2.58. The third-order valence-electron chi connectivity index (χ3n) is 5.08. The van der Waals surface area contributed by atoms with Gasteiger partial charge in [0.25, 0.3) is 0 Å². The van der Waals surface area contributed by atoms with Gasteiger partial charge in [-0.3, -0.25) is 0 Å². The SMILES string of the molecule is COc1ccc(-c2ccc3c(c2)CN(C)C[C@H]3c2ccccc2)cc1. The number of hydrogen-bond acceptors (Lipinski definition) is 2. The summed E-state index contributed by atoms with van der Waals surface area (Å²) in [6.07, 6.45) is 0. The second kappa shape index (κ2) is 6.73. The van der Waals surface area contributed by atoms with Crippen LogP contribution in [0.15, 0.2) is 72.8 Å². The predicted molar refractivity (Wildman–Crippen MR) is 103 cm³/mol. The molecule has 1 aliphatic heterocycles. The van der Waals surface area contributed by atoms with Crippen LogP contribution >= 0.6 is 0 Å². The Kier molecular flexibility index (Phi) is 4.29. The predicted octanol–water partition coefficient (Wildman–Crippen LogP) is 4.94. The van der Waals surface area contributed by atoms with Gasteiger partial charge in [0.1, 0.15) is 5.75 Å². The van der Waals surface area contributed by atoms with Crippen LogP contribution in [-0.2, 0) is 6.54 Å². The molecule has 0 saturated carbocycles. The van der Waals surface area contributed by atoms with Crippen LogP contribution in [0.4, 0.5) is 0 Å². The fourth-order valence-corrected chi connectivity index (χ4v) is 3.78. The quantitative estimate of drug-likeness (QED) is 0.675. The lowest BCUT2D eigenvalue weighted by atomic mass is 9.83. The molecule has 126 valence electrons. The largest absolute Gasteiger partial charge is 0.497 e. The number of benzene rings is 3. The summed E-state index contributed by atoms with van der Waals surface area (Å²) in [6.45, 7) is 2.07. The number of fused-ring (bicyclic) bond motifs is 1. The van der Waals surface area contributed by atoms with Gasteiger partial charge in [-0.15, -0.1) is 0 Å². The Balaban J connectivity index is 1.72. The van der Waals surface area contributed by atoms with Gasteiger partial charge >= 0.3 is 0 Å². The number of methoxy groups -OCH3 is 1. The first-order valence-electron chi connectivity index (χ1n) is 8.75. The minimum atomic E-state index is 0.444. The average molecular weight is 329 g/mol. The van der Waals surface area contributed by atoms with E-state index >= 15 is 0 Å². The molecule has 0 aliphatic carbocycles. The third kappa shape index (κ3) is 3.18. The number of nitrogens with zero attached hydrogens (tertiary/aromatic N) is 1. The highest BCUT2D eigenvalue weighted by atomic mass is 16.5. The smallest absolute Gasteiger partial charge is 0.118 e. The lowest BCUT2D eigenvalue weighted by Gasteiger charge is -2.33. The molecule has 1 heterocycles. The second-order valence-corrected chi connectivity index (χ2v) is 6.80. The van der Waals surface area contributed by atoms with Crippen LogP contribution in [-0.4, -0.2) is 25.6 Å². The molecular formula is C23H23NO. The van der Waals surface area contributed by atoms with Gasteiger partial charge in [-0.2, -0.15) is 0 Å². The Bertz CT molecular complexity index is 855. The number of ether oxygens (including phenoxy) is 1. The summed E-state index contributed by atoms with van der Waals surface area (Å²) in [5, 5.41) is 0. The molecule has 2 nitrogen and oxygen atoms in total. The van der Waals surface area contributed by atoms with Gasteiger partial charge in [-0.25, -0.2) is 0 Å². The van der Waals surface area contributed by atoms with Crippen LogP contribution in [0, 0.1) is 0 Å². The van der Waals surface area contributed by atoms with E-state index in [1.54, 1.807) is 7.11 Å². The summed E-state index contributed by atoms with van der Waals surface area (Å²) in [5.74, 6) is 1.34. The maximum Gasteiger partial charge on any atom is 0.118 e. The van der Waals surface area contributed by atoms with Crippen LogP contribution in [0.3, 0.4) is 0 Å². The van der Waals surface area contributed by atoms with Gasteiger partial charge < -0.3 is 9.64 Å². The van der Waals surface area contributed by atoms with E-state index in [9.17, 15) is 0 Å². The molecule has 0 amide bonds. The first-order chi connectivity index (χ1) is 12.2. The molecular weight excluding hydrogens is 306 g/mol. The van der Waals surface area contributed by atoms with Crippen molar-refractivity contribution in [2.75, 3.05) is 20.7 Å². The molecule has 3 aromatic carbocycles. The maximum atomic E-state index is 5.27. The molecule has 2 heteroatoms. The van der Waals surface area contributed by atoms with E-state index in [1.807, 2.05) is 12.1 Å². The zero-order chi connectivity index (χ0) is 17.2. The normalized spacial score (nSPS) is 17.1. The van der Waals surface area contributed by atoms with Crippen LogP contribution in [0.25, 0.3) is 11.1 Å². The van der Waals surface area contributed by atoms with Crippen LogP contribution in [0.2, 0.25) is 0 Å². The lowest BCUT2D eigenvalue weighted by Crippen LogP contribution is -2.30. The molecule has 4 rings (SSSR count). The maximum absolute atomic E-state index is 5.27. The minimum absolute atomic E-state index is 0.444. The van der Waals surface area contributed by atoms with Crippen LogP contribution in [0.5, 0.6) is 5.75 Å². The fraction of sp³-hybridized carbons (Fsp3) is 0.217. The third-order valence-corrected chi connectivity index (χ3v) is 5.08. The first kappa shape index (κ1) is 15.9. The molecule has 0 radical (unpaired) electrons. The summed E-state index contributed by atoms with van der Waals surface area (Å²) >= 11 is 0. The molecule has 0 aromatic heterocycles. The van der Waals surface area contributed by atoms with Crippen molar-refractivity contribution in [3.8, 4) is 16.9 Å². The van der Waals surface area contributed by atoms with Crippen LogP contribution < -0.4 is 4.74 Å². The Morgan fingerprint density at radius 2 is 1.60 bits per heavy atom. The van der Waals surface area contributed by atoms with Gasteiger partial charge in [-0.05, 0) is 53.1 Å². The molecule has 0 spiro atoms. The molecule has 0 fully saturated rings. The Morgan fingerprint density at radius 3 is 2.32 bits per heavy atom. The van der Waals surface area contributed by atoms with E-state index in [0.717, 1.165) is 18.8 Å². The van der Waals surface area contributed by atoms with E-state index in [-0.39, 0.29) is 0 Å². The number of hydrogen-bond donors (Lipinski definition) is 0. The van der Waals surface area contributed by atoms with Gasteiger partial charge in [-0.1, -0.05) is 54.6 Å². The summed E-state index contributed by atoms with van der Waals surface area (Å²) in [7, 11) is 3.91. The molecule has 1 aliphatic rings. The van der Waals surface area contributed by atoms with Crippen molar-refractivity contribution in [3.05, 3.63) is 89.5 Å². The van der Waals surface area contributed by atoms with E-state index in [2.05, 4.69) is 72.6 Å².